The van der Waals surface area contributed by atoms with Gasteiger partial charge in [-0.05, 0) is 39.2 Å². The van der Waals surface area contributed by atoms with Crippen LogP contribution in [-0.2, 0) is 9.53 Å². The summed E-state index contributed by atoms with van der Waals surface area (Å²) < 4.78 is 5.52. The Morgan fingerprint density at radius 2 is 1.92 bits per heavy atom. The highest BCUT2D eigenvalue weighted by Crippen LogP contribution is 2.38. The standard InChI is InChI=1S/C17H31N3O2.2ClH/c1-14(19-16(21)13-15-5-4-8-18-15)17(6-2-3-7-17)20-9-11-22-12-10-20;;/h14-15,18H,2-13H2,1H3,(H,19,21);2*1H. The number of amides is 1. The van der Waals surface area contributed by atoms with Gasteiger partial charge in [-0.2, -0.15) is 0 Å². The number of halogens is 2. The van der Waals surface area contributed by atoms with Crippen molar-refractivity contribution in [2.45, 2.75) is 69.5 Å². The Balaban J connectivity index is 0.00000144. The molecular formula is C17H33Cl2N3O2. The summed E-state index contributed by atoms with van der Waals surface area (Å²) in [6.07, 6.45) is 7.93. The third-order valence-electron chi connectivity index (χ3n) is 5.89. The van der Waals surface area contributed by atoms with Crippen molar-refractivity contribution in [2.75, 3.05) is 32.8 Å². The van der Waals surface area contributed by atoms with Gasteiger partial charge in [0.05, 0.1) is 13.2 Å². The van der Waals surface area contributed by atoms with Crippen molar-refractivity contribution in [1.82, 2.24) is 15.5 Å². The summed E-state index contributed by atoms with van der Waals surface area (Å²) >= 11 is 0. The van der Waals surface area contributed by atoms with E-state index in [1.165, 1.54) is 32.1 Å². The Morgan fingerprint density at radius 3 is 2.50 bits per heavy atom. The molecule has 24 heavy (non-hydrogen) atoms. The Kier molecular flexibility index (Phi) is 9.31. The maximum Gasteiger partial charge on any atom is 0.221 e. The summed E-state index contributed by atoms with van der Waals surface area (Å²) in [5.74, 6) is 0.214. The van der Waals surface area contributed by atoms with E-state index in [-0.39, 0.29) is 42.3 Å². The molecule has 2 saturated heterocycles. The Hall–Kier alpha value is -0.0700. The van der Waals surface area contributed by atoms with Crippen molar-refractivity contribution in [3.8, 4) is 0 Å². The molecule has 3 fully saturated rings. The molecule has 2 heterocycles. The van der Waals surface area contributed by atoms with Gasteiger partial charge in [0, 0.05) is 37.1 Å². The first-order chi connectivity index (χ1) is 10.7. The van der Waals surface area contributed by atoms with E-state index in [0.717, 1.165) is 39.3 Å². The summed E-state index contributed by atoms with van der Waals surface area (Å²) in [5, 5.41) is 6.74. The first-order valence-corrected chi connectivity index (χ1v) is 9.06. The Morgan fingerprint density at radius 1 is 1.25 bits per heavy atom. The molecule has 1 aliphatic carbocycles. The van der Waals surface area contributed by atoms with Crippen molar-refractivity contribution in [1.29, 1.82) is 0 Å². The van der Waals surface area contributed by atoms with Crippen LogP contribution in [0, 0.1) is 0 Å². The molecular weight excluding hydrogens is 349 g/mol. The number of ether oxygens (including phenoxy) is 1. The van der Waals surface area contributed by atoms with Crippen LogP contribution >= 0.6 is 24.8 Å². The third-order valence-corrected chi connectivity index (χ3v) is 5.89. The van der Waals surface area contributed by atoms with E-state index in [0.29, 0.717) is 12.5 Å². The second kappa shape index (κ2) is 10.2. The molecule has 3 aliphatic rings. The molecule has 1 saturated carbocycles. The fraction of sp³-hybridized carbons (Fsp3) is 0.941. The van der Waals surface area contributed by atoms with Crippen LogP contribution in [-0.4, -0.2) is 61.3 Å². The number of rotatable bonds is 5. The van der Waals surface area contributed by atoms with E-state index in [2.05, 4.69) is 22.5 Å². The maximum atomic E-state index is 12.4. The van der Waals surface area contributed by atoms with Crippen molar-refractivity contribution in [2.24, 2.45) is 0 Å². The van der Waals surface area contributed by atoms with Crippen LogP contribution in [0.25, 0.3) is 0 Å². The lowest BCUT2D eigenvalue weighted by Gasteiger charge is -2.47. The molecule has 2 unspecified atom stereocenters. The third kappa shape index (κ3) is 4.98. The number of carbonyl (C=O) groups is 1. The van der Waals surface area contributed by atoms with Crippen LogP contribution in [0.5, 0.6) is 0 Å². The van der Waals surface area contributed by atoms with Crippen molar-refractivity contribution >= 4 is 30.7 Å². The Labute approximate surface area is 158 Å². The van der Waals surface area contributed by atoms with E-state index in [9.17, 15) is 4.79 Å². The van der Waals surface area contributed by atoms with E-state index in [4.69, 9.17) is 4.74 Å². The van der Waals surface area contributed by atoms with Gasteiger partial charge in [0.1, 0.15) is 0 Å². The molecule has 0 radical (unpaired) electrons. The molecule has 5 nitrogen and oxygen atoms in total. The van der Waals surface area contributed by atoms with E-state index in [1.54, 1.807) is 0 Å². The molecule has 0 aromatic rings. The maximum absolute atomic E-state index is 12.4. The lowest BCUT2D eigenvalue weighted by Crippen LogP contribution is -2.62. The molecule has 3 rings (SSSR count). The van der Waals surface area contributed by atoms with Crippen LogP contribution < -0.4 is 10.6 Å². The minimum atomic E-state index is 0. The predicted octanol–water partition coefficient (Wildman–Crippen LogP) is 2.12. The average molecular weight is 382 g/mol. The van der Waals surface area contributed by atoms with E-state index < -0.39 is 0 Å². The average Bonchev–Trinajstić information content (AvgIpc) is 3.19. The van der Waals surface area contributed by atoms with Gasteiger partial charge in [-0.3, -0.25) is 9.69 Å². The lowest BCUT2D eigenvalue weighted by molar-refractivity contribution is -0.123. The second-order valence-electron chi connectivity index (χ2n) is 7.20. The molecule has 0 aromatic heterocycles. The molecule has 0 aromatic carbocycles. The molecule has 2 atom stereocenters. The van der Waals surface area contributed by atoms with Crippen molar-refractivity contribution < 1.29 is 9.53 Å². The van der Waals surface area contributed by atoms with Gasteiger partial charge < -0.3 is 15.4 Å². The molecule has 7 heteroatoms. The van der Waals surface area contributed by atoms with Gasteiger partial charge in [-0.1, -0.05) is 12.8 Å². The second-order valence-corrected chi connectivity index (χ2v) is 7.20. The SMILES string of the molecule is CC(NC(=O)CC1CCCN1)C1(N2CCOCC2)CCCC1.Cl.Cl. The zero-order valence-electron chi connectivity index (χ0n) is 14.7. The van der Waals surface area contributed by atoms with Crippen LogP contribution in [0.1, 0.15) is 51.9 Å². The van der Waals surface area contributed by atoms with Crippen LogP contribution in [0.15, 0.2) is 0 Å². The predicted molar refractivity (Wildman–Crippen MR) is 101 cm³/mol. The van der Waals surface area contributed by atoms with Crippen LogP contribution in [0.2, 0.25) is 0 Å². The summed E-state index contributed by atoms with van der Waals surface area (Å²) in [6.45, 7) is 6.93. The smallest absolute Gasteiger partial charge is 0.221 e. The van der Waals surface area contributed by atoms with Crippen molar-refractivity contribution in [3.05, 3.63) is 0 Å². The fourth-order valence-electron chi connectivity index (χ4n) is 4.61. The molecule has 1 amide bonds. The van der Waals surface area contributed by atoms with Gasteiger partial charge in [0.25, 0.3) is 0 Å². The summed E-state index contributed by atoms with van der Waals surface area (Å²) in [7, 11) is 0. The molecule has 142 valence electrons. The number of nitrogens with one attached hydrogen (secondary N) is 2. The molecule has 2 N–H and O–H groups in total. The van der Waals surface area contributed by atoms with Gasteiger partial charge >= 0.3 is 0 Å². The highest BCUT2D eigenvalue weighted by Gasteiger charge is 2.45. The largest absolute Gasteiger partial charge is 0.379 e. The van der Waals surface area contributed by atoms with Gasteiger partial charge in [-0.25, -0.2) is 0 Å². The van der Waals surface area contributed by atoms with E-state index >= 15 is 0 Å². The molecule has 2 aliphatic heterocycles. The fourth-order valence-corrected chi connectivity index (χ4v) is 4.61. The van der Waals surface area contributed by atoms with Gasteiger partial charge in [0.2, 0.25) is 5.91 Å². The lowest BCUT2D eigenvalue weighted by atomic mass is 9.86. The number of hydrogen-bond acceptors (Lipinski definition) is 4. The number of morpholine rings is 1. The first kappa shape index (κ1) is 22.0. The Bertz CT molecular complexity index is 380. The van der Waals surface area contributed by atoms with Crippen LogP contribution in [0.3, 0.4) is 0 Å². The summed E-state index contributed by atoms with van der Waals surface area (Å²) in [6, 6.07) is 0.608. The summed E-state index contributed by atoms with van der Waals surface area (Å²) in [5.41, 5.74) is 0.155. The van der Waals surface area contributed by atoms with Crippen molar-refractivity contribution in [3.63, 3.8) is 0 Å². The summed E-state index contributed by atoms with van der Waals surface area (Å²) in [4.78, 5) is 15.0. The first-order valence-electron chi connectivity index (χ1n) is 9.06. The zero-order valence-corrected chi connectivity index (χ0v) is 16.4. The minimum Gasteiger partial charge on any atom is -0.379 e. The number of carbonyl (C=O) groups excluding carboxylic acids is 1. The topological polar surface area (TPSA) is 53.6 Å². The highest BCUT2D eigenvalue weighted by atomic mass is 35.5. The van der Waals surface area contributed by atoms with Gasteiger partial charge in [-0.15, -0.1) is 24.8 Å². The number of nitrogens with zero attached hydrogens (tertiary/aromatic N) is 1. The minimum absolute atomic E-state index is 0. The van der Waals surface area contributed by atoms with Gasteiger partial charge in [0.15, 0.2) is 0 Å². The normalized spacial score (nSPS) is 27.8. The quantitative estimate of drug-likeness (QED) is 0.765. The van der Waals surface area contributed by atoms with Crippen LogP contribution in [0.4, 0.5) is 0 Å². The highest BCUT2D eigenvalue weighted by molar-refractivity contribution is 5.85. The van der Waals surface area contributed by atoms with E-state index in [1.807, 2.05) is 0 Å². The molecule has 0 spiro atoms. The number of hydrogen-bond donors (Lipinski definition) is 2. The zero-order chi connectivity index (χ0) is 15.4. The monoisotopic (exact) mass is 381 g/mol. The molecule has 0 bridgehead atoms.